The predicted octanol–water partition coefficient (Wildman–Crippen LogP) is 2.49. The Labute approximate surface area is 184 Å². The molecule has 0 radical (unpaired) electrons. The fourth-order valence-corrected chi connectivity index (χ4v) is 3.41. The van der Waals surface area contributed by atoms with Crippen LogP contribution in [0.5, 0.6) is 0 Å². The SMILES string of the molecule is CCOC(=O)C1=C(COC(=O)c2c(C)nn(Cc3ccccc3Cl)c2C)NC(=O)NC1. The molecule has 1 aromatic heterocycles. The van der Waals surface area contributed by atoms with Crippen LogP contribution in [-0.4, -0.2) is 47.5 Å². The number of nitrogens with zero attached hydrogens (tertiary/aromatic N) is 2. The highest BCUT2D eigenvalue weighted by molar-refractivity contribution is 6.31. The first-order valence-electron chi connectivity index (χ1n) is 9.70. The third kappa shape index (κ3) is 5.05. The van der Waals surface area contributed by atoms with E-state index < -0.39 is 18.0 Å². The molecule has 2 aromatic rings. The minimum Gasteiger partial charge on any atom is -0.463 e. The van der Waals surface area contributed by atoms with Crippen molar-refractivity contribution in [3.63, 3.8) is 0 Å². The van der Waals surface area contributed by atoms with Crippen LogP contribution in [-0.2, 0) is 20.8 Å². The molecule has 3 rings (SSSR count). The standard InChI is InChI=1S/C21H23ClN4O5/c1-4-30-19(27)15-9-23-21(29)24-17(15)11-31-20(28)18-12(2)25-26(13(18)3)10-14-7-5-6-8-16(14)22/h5-8H,4,9-11H2,1-3H3,(H2,23,24,29). The smallest absolute Gasteiger partial charge is 0.342 e. The maximum absolute atomic E-state index is 12.8. The molecule has 1 aromatic carbocycles. The van der Waals surface area contributed by atoms with E-state index in [1.807, 2.05) is 18.2 Å². The lowest BCUT2D eigenvalue weighted by Gasteiger charge is -2.21. The number of urea groups is 1. The zero-order valence-electron chi connectivity index (χ0n) is 17.5. The molecule has 164 valence electrons. The molecule has 2 amide bonds. The molecule has 2 heterocycles. The molecule has 0 unspecified atom stereocenters. The van der Waals surface area contributed by atoms with Crippen LogP contribution in [0.4, 0.5) is 4.79 Å². The van der Waals surface area contributed by atoms with Crippen LogP contribution in [0.25, 0.3) is 0 Å². The van der Waals surface area contributed by atoms with Gasteiger partial charge in [-0.3, -0.25) is 4.68 Å². The van der Waals surface area contributed by atoms with E-state index >= 15 is 0 Å². The van der Waals surface area contributed by atoms with E-state index in [2.05, 4.69) is 15.7 Å². The van der Waals surface area contributed by atoms with Crippen molar-refractivity contribution < 1.29 is 23.9 Å². The molecular formula is C21H23ClN4O5. The van der Waals surface area contributed by atoms with Crippen LogP contribution < -0.4 is 10.6 Å². The summed E-state index contributed by atoms with van der Waals surface area (Å²) in [7, 11) is 0. The highest BCUT2D eigenvalue weighted by Gasteiger charge is 2.26. The van der Waals surface area contributed by atoms with Crippen molar-refractivity contribution in [3.8, 4) is 0 Å². The largest absolute Gasteiger partial charge is 0.463 e. The Bertz CT molecular complexity index is 1060. The van der Waals surface area contributed by atoms with Crippen molar-refractivity contribution in [1.29, 1.82) is 0 Å². The fourth-order valence-electron chi connectivity index (χ4n) is 3.21. The van der Waals surface area contributed by atoms with Crippen LogP contribution in [0.1, 0.15) is 34.2 Å². The Morgan fingerprint density at radius 3 is 2.65 bits per heavy atom. The van der Waals surface area contributed by atoms with Gasteiger partial charge in [-0.2, -0.15) is 5.10 Å². The number of carbonyl (C=O) groups is 3. The maximum Gasteiger partial charge on any atom is 0.342 e. The third-order valence-corrected chi connectivity index (χ3v) is 5.16. The van der Waals surface area contributed by atoms with E-state index in [0.717, 1.165) is 5.56 Å². The van der Waals surface area contributed by atoms with Gasteiger partial charge in [0.15, 0.2) is 0 Å². The summed E-state index contributed by atoms with van der Waals surface area (Å²) in [5.41, 5.74) is 2.72. The van der Waals surface area contributed by atoms with E-state index in [1.165, 1.54) is 0 Å². The third-order valence-electron chi connectivity index (χ3n) is 4.79. The Kier molecular flexibility index (Phi) is 6.96. The number of carbonyl (C=O) groups excluding carboxylic acids is 3. The highest BCUT2D eigenvalue weighted by atomic mass is 35.5. The van der Waals surface area contributed by atoms with Gasteiger partial charge < -0.3 is 20.1 Å². The monoisotopic (exact) mass is 446 g/mol. The zero-order chi connectivity index (χ0) is 22.5. The van der Waals surface area contributed by atoms with Crippen LogP contribution >= 0.6 is 11.6 Å². The average Bonchev–Trinajstić information content (AvgIpc) is 3.01. The molecular weight excluding hydrogens is 424 g/mol. The van der Waals surface area contributed by atoms with E-state index in [4.69, 9.17) is 21.1 Å². The second kappa shape index (κ2) is 9.65. The van der Waals surface area contributed by atoms with E-state index in [0.29, 0.717) is 28.5 Å². The summed E-state index contributed by atoms with van der Waals surface area (Å²) in [4.78, 5) is 36.5. The van der Waals surface area contributed by atoms with Gasteiger partial charge in [-0.25, -0.2) is 14.4 Å². The van der Waals surface area contributed by atoms with Crippen LogP contribution in [0, 0.1) is 13.8 Å². The Hall–Kier alpha value is -3.33. The number of aryl methyl sites for hydroxylation is 1. The molecule has 1 aliphatic heterocycles. The summed E-state index contributed by atoms with van der Waals surface area (Å²) in [6.45, 7) is 5.45. The van der Waals surface area contributed by atoms with Crippen molar-refractivity contribution in [3.05, 3.63) is 63.1 Å². The summed E-state index contributed by atoms with van der Waals surface area (Å²) in [6, 6.07) is 6.91. The number of halogens is 1. The molecule has 0 bridgehead atoms. The molecule has 1 aliphatic rings. The lowest BCUT2D eigenvalue weighted by atomic mass is 10.1. The number of benzene rings is 1. The van der Waals surface area contributed by atoms with Gasteiger partial charge >= 0.3 is 18.0 Å². The van der Waals surface area contributed by atoms with Gasteiger partial charge in [-0.1, -0.05) is 29.8 Å². The van der Waals surface area contributed by atoms with Gasteiger partial charge in [0.05, 0.1) is 42.4 Å². The number of rotatable bonds is 7. The Morgan fingerprint density at radius 1 is 1.19 bits per heavy atom. The lowest BCUT2D eigenvalue weighted by Crippen LogP contribution is -2.45. The van der Waals surface area contributed by atoms with Crippen molar-refractivity contribution in [2.24, 2.45) is 0 Å². The molecule has 0 atom stereocenters. The van der Waals surface area contributed by atoms with E-state index in [-0.39, 0.29) is 31.0 Å². The number of aromatic nitrogens is 2. The number of ether oxygens (including phenoxy) is 2. The molecule has 0 fully saturated rings. The van der Waals surface area contributed by atoms with Crippen molar-refractivity contribution >= 4 is 29.6 Å². The maximum atomic E-state index is 12.8. The zero-order valence-corrected chi connectivity index (χ0v) is 18.2. The molecule has 0 saturated carbocycles. The second-order valence-electron chi connectivity index (χ2n) is 6.86. The summed E-state index contributed by atoms with van der Waals surface area (Å²) in [6.07, 6.45) is 0. The van der Waals surface area contributed by atoms with E-state index in [9.17, 15) is 14.4 Å². The molecule has 0 aliphatic carbocycles. The Balaban J connectivity index is 1.77. The van der Waals surface area contributed by atoms with Gasteiger partial charge in [-0.05, 0) is 32.4 Å². The van der Waals surface area contributed by atoms with Gasteiger partial charge in [0.25, 0.3) is 0 Å². The van der Waals surface area contributed by atoms with Crippen LogP contribution in [0.3, 0.4) is 0 Å². The normalized spacial score (nSPS) is 13.5. The molecule has 2 N–H and O–H groups in total. The average molecular weight is 447 g/mol. The number of nitrogens with one attached hydrogen (secondary N) is 2. The van der Waals surface area contributed by atoms with Crippen molar-refractivity contribution in [1.82, 2.24) is 20.4 Å². The second-order valence-corrected chi connectivity index (χ2v) is 7.26. The molecule has 0 spiro atoms. The van der Waals surface area contributed by atoms with Crippen molar-refractivity contribution in [2.45, 2.75) is 27.3 Å². The first kappa shape index (κ1) is 22.4. The number of hydrogen-bond acceptors (Lipinski definition) is 6. The van der Waals surface area contributed by atoms with Gasteiger partial charge in [-0.15, -0.1) is 0 Å². The molecule has 10 heteroatoms. The number of hydrogen-bond donors (Lipinski definition) is 2. The first-order chi connectivity index (χ1) is 14.8. The quantitative estimate of drug-likeness (QED) is 0.632. The summed E-state index contributed by atoms with van der Waals surface area (Å²) in [5, 5.41) is 10.0. The number of amides is 2. The summed E-state index contributed by atoms with van der Waals surface area (Å²) in [5.74, 6) is -1.19. The van der Waals surface area contributed by atoms with Crippen molar-refractivity contribution in [2.75, 3.05) is 19.8 Å². The predicted molar refractivity (Wildman–Crippen MR) is 113 cm³/mol. The van der Waals surface area contributed by atoms with Crippen LogP contribution in [0.15, 0.2) is 35.5 Å². The minimum atomic E-state index is -0.608. The Morgan fingerprint density at radius 2 is 1.94 bits per heavy atom. The topological polar surface area (TPSA) is 112 Å². The van der Waals surface area contributed by atoms with E-state index in [1.54, 1.807) is 31.5 Å². The molecule has 31 heavy (non-hydrogen) atoms. The van der Waals surface area contributed by atoms with Crippen LogP contribution in [0.2, 0.25) is 5.02 Å². The number of esters is 2. The first-order valence-corrected chi connectivity index (χ1v) is 10.1. The minimum absolute atomic E-state index is 0.00856. The molecule has 9 nitrogen and oxygen atoms in total. The molecule has 0 saturated heterocycles. The highest BCUT2D eigenvalue weighted by Crippen LogP contribution is 2.20. The lowest BCUT2D eigenvalue weighted by molar-refractivity contribution is -0.138. The van der Waals surface area contributed by atoms with Gasteiger partial charge in [0, 0.05) is 5.02 Å². The fraction of sp³-hybridized carbons (Fsp3) is 0.333. The van der Waals surface area contributed by atoms with Gasteiger partial charge in [0.2, 0.25) is 0 Å². The summed E-state index contributed by atoms with van der Waals surface area (Å²) >= 11 is 6.23. The summed E-state index contributed by atoms with van der Waals surface area (Å²) < 4.78 is 12.1. The van der Waals surface area contributed by atoms with Gasteiger partial charge in [0.1, 0.15) is 12.2 Å².